The maximum absolute atomic E-state index is 12.6. The molecule has 0 atom stereocenters. The molecule has 2 heterocycles. The zero-order valence-electron chi connectivity index (χ0n) is 13.2. The summed E-state index contributed by atoms with van der Waals surface area (Å²) in [6.07, 6.45) is 5.28. The van der Waals surface area contributed by atoms with E-state index in [4.69, 9.17) is 5.73 Å². The van der Waals surface area contributed by atoms with Crippen molar-refractivity contribution in [2.24, 2.45) is 5.73 Å². The Morgan fingerprint density at radius 3 is 2.72 bits per heavy atom. The van der Waals surface area contributed by atoms with Gasteiger partial charge in [0.1, 0.15) is 6.33 Å². The first-order valence-electron chi connectivity index (χ1n) is 7.36. The van der Waals surface area contributed by atoms with Gasteiger partial charge in [0.05, 0.1) is 18.6 Å². The number of hydrogen-bond acceptors (Lipinski definition) is 4. The monoisotopic (exact) mass is 361 g/mol. The summed E-state index contributed by atoms with van der Waals surface area (Å²) in [5, 5.41) is 4.02. The summed E-state index contributed by atoms with van der Waals surface area (Å²) in [6.45, 7) is 0.0629. The van der Waals surface area contributed by atoms with Crippen LogP contribution in [0.15, 0.2) is 71.8 Å². The maximum Gasteiger partial charge on any atom is 0.350 e. The van der Waals surface area contributed by atoms with Crippen molar-refractivity contribution in [3.8, 4) is 16.8 Å². The second kappa shape index (κ2) is 8.36. The number of nitrogens with zero attached hydrogens (tertiary/aromatic N) is 4. The van der Waals surface area contributed by atoms with E-state index in [0.29, 0.717) is 17.6 Å². The van der Waals surface area contributed by atoms with Crippen LogP contribution in [0.4, 0.5) is 4.39 Å². The molecular weight excluding hydrogens is 345 g/mol. The minimum Gasteiger partial charge on any atom is -0.327 e. The van der Waals surface area contributed by atoms with E-state index in [1.54, 1.807) is 12.4 Å². The molecule has 0 aliphatic carbocycles. The Morgan fingerprint density at radius 1 is 1.24 bits per heavy atom. The largest absolute Gasteiger partial charge is 0.350 e. The Kier molecular flexibility index (Phi) is 6.21. The van der Waals surface area contributed by atoms with Crippen molar-refractivity contribution in [3.63, 3.8) is 0 Å². The topological polar surface area (TPSA) is 78.7 Å². The number of benzene rings is 1. The SMILES string of the molecule is Cl.NC/C(=C\F)Cn1ncn(-c2cccc(-c3cccnc3)c2)c1=O. The first-order valence-corrected chi connectivity index (χ1v) is 7.36. The molecule has 1 aromatic carbocycles. The molecule has 0 fully saturated rings. The molecule has 6 nitrogen and oxygen atoms in total. The van der Waals surface area contributed by atoms with Gasteiger partial charge in [-0.1, -0.05) is 18.2 Å². The van der Waals surface area contributed by atoms with Gasteiger partial charge in [0.25, 0.3) is 0 Å². The van der Waals surface area contributed by atoms with Crippen LogP contribution in [0.5, 0.6) is 0 Å². The number of aromatic nitrogens is 4. The second-order valence-corrected chi connectivity index (χ2v) is 5.20. The van der Waals surface area contributed by atoms with Crippen LogP contribution in [0, 0.1) is 0 Å². The average Bonchev–Trinajstić information content (AvgIpc) is 3.01. The minimum atomic E-state index is -0.355. The van der Waals surface area contributed by atoms with E-state index in [1.807, 2.05) is 36.4 Å². The molecule has 0 aliphatic rings. The molecule has 0 saturated carbocycles. The Labute approximate surface area is 149 Å². The highest BCUT2D eigenvalue weighted by Crippen LogP contribution is 2.20. The first-order chi connectivity index (χ1) is 11.7. The van der Waals surface area contributed by atoms with E-state index in [0.717, 1.165) is 11.1 Å². The molecule has 25 heavy (non-hydrogen) atoms. The van der Waals surface area contributed by atoms with Crippen LogP contribution < -0.4 is 11.4 Å². The van der Waals surface area contributed by atoms with Gasteiger partial charge < -0.3 is 5.73 Å². The van der Waals surface area contributed by atoms with Crippen molar-refractivity contribution in [2.75, 3.05) is 6.54 Å². The third-order valence-electron chi connectivity index (χ3n) is 3.62. The van der Waals surface area contributed by atoms with Gasteiger partial charge in [-0.3, -0.25) is 4.98 Å². The van der Waals surface area contributed by atoms with Crippen molar-refractivity contribution in [2.45, 2.75) is 6.54 Å². The maximum atomic E-state index is 12.6. The standard InChI is InChI=1S/C17H16FN5O.ClH/c18-8-13(9-19)11-23-17(24)22(12-21-23)16-5-1-3-14(7-16)15-4-2-6-20-10-15;/h1-8,10,12H,9,11,19H2;1H/b13-8+;. The summed E-state index contributed by atoms with van der Waals surface area (Å²) in [4.78, 5) is 16.5. The number of nitrogens with two attached hydrogens (primary N) is 1. The second-order valence-electron chi connectivity index (χ2n) is 5.20. The van der Waals surface area contributed by atoms with Gasteiger partial charge in [-0.05, 0) is 29.3 Å². The van der Waals surface area contributed by atoms with Crippen molar-refractivity contribution in [1.82, 2.24) is 19.3 Å². The molecule has 8 heteroatoms. The molecule has 0 spiro atoms. The summed E-state index contributed by atoms with van der Waals surface area (Å²) in [6, 6.07) is 11.3. The van der Waals surface area contributed by atoms with Gasteiger partial charge in [-0.25, -0.2) is 18.4 Å². The highest BCUT2D eigenvalue weighted by Gasteiger charge is 2.09. The fourth-order valence-corrected chi connectivity index (χ4v) is 2.33. The summed E-state index contributed by atoms with van der Waals surface area (Å²) in [7, 11) is 0. The smallest absolute Gasteiger partial charge is 0.327 e. The van der Waals surface area contributed by atoms with Gasteiger partial charge in [-0.2, -0.15) is 5.10 Å². The van der Waals surface area contributed by atoms with Crippen molar-refractivity contribution in [1.29, 1.82) is 0 Å². The number of pyridine rings is 1. The van der Waals surface area contributed by atoms with E-state index in [2.05, 4.69) is 10.1 Å². The average molecular weight is 362 g/mol. The van der Waals surface area contributed by atoms with Gasteiger partial charge in [0, 0.05) is 24.5 Å². The van der Waals surface area contributed by atoms with E-state index >= 15 is 0 Å². The van der Waals surface area contributed by atoms with Crippen molar-refractivity contribution < 1.29 is 4.39 Å². The Morgan fingerprint density at radius 2 is 2.04 bits per heavy atom. The minimum absolute atomic E-state index is 0. The summed E-state index contributed by atoms with van der Waals surface area (Å²) in [5.74, 6) is 0. The molecule has 0 saturated heterocycles. The van der Waals surface area contributed by atoms with E-state index in [-0.39, 0.29) is 31.2 Å². The van der Waals surface area contributed by atoms with Crippen LogP contribution in [-0.4, -0.2) is 25.9 Å². The van der Waals surface area contributed by atoms with E-state index < -0.39 is 0 Å². The van der Waals surface area contributed by atoms with Gasteiger partial charge >= 0.3 is 5.69 Å². The van der Waals surface area contributed by atoms with Crippen LogP contribution >= 0.6 is 12.4 Å². The molecule has 0 unspecified atom stereocenters. The van der Waals surface area contributed by atoms with Gasteiger partial charge in [0.15, 0.2) is 0 Å². The Balaban J connectivity index is 0.00000225. The quantitative estimate of drug-likeness (QED) is 0.756. The molecule has 3 rings (SSSR count). The molecular formula is C17H17ClFN5O. The van der Waals surface area contributed by atoms with Crippen LogP contribution in [0.1, 0.15) is 0 Å². The number of rotatable bonds is 5. The Hall–Kier alpha value is -2.77. The van der Waals surface area contributed by atoms with Crippen LogP contribution in [0.25, 0.3) is 16.8 Å². The fourth-order valence-electron chi connectivity index (χ4n) is 2.33. The highest BCUT2D eigenvalue weighted by molar-refractivity contribution is 5.85. The first kappa shape index (κ1) is 18.6. The lowest BCUT2D eigenvalue weighted by atomic mass is 10.1. The predicted molar refractivity (Wildman–Crippen MR) is 96.5 cm³/mol. The van der Waals surface area contributed by atoms with Gasteiger partial charge in [-0.15, -0.1) is 12.4 Å². The normalized spacial score (nSPS) is 11.2. The molecule has 2 aromatic heterocycles. The summed E-state index contributed by atoms with van der Waals surface area (Å²) >= 11 is 0. The zero-order valence-corrected chi connectivity index (χ0v) is 14.1. The lowest BCUT2D eigenvalue weighted by molar-refractivity contribution is 0.612. The highest BCUT2D eigenvalue weighted by atomic mass is 35.5. The lowest BCUT2D eigenvalue weighted by Crippen LogP contribution is -2.25. The zero-order chi connectivity index (χ0) is 16.9. The van der Waals surface area contributed by atoms with Crippen LogP contribution in [0.2, 0.25) is 0 Å². The fraction of sp³-hybridized carbons (Fsp3) is 0.118. The van der Waals surface area contributed by atoms with Crippen molar-refractivity contribution >= 4 is 12.4 Å². The van der Waals surface area contributed by atoms with Crippen LogP contribution in [0.3, 0.4) is 0 Å². The molecule has 0 bridgehead atoms. The van der Waals surface area contributed by atoms with Crippen LogP contribution in [-0.2, 0) is 6.54 Å². The summed E-state index contributed by atoms with van der Waals surface area (Å²) in [5.41, 5.74) is 7.92. The lowest BCUT2D eigenvalue weighted by Gasteiger charge is -2.05. The van der Waals surface area contributed by atoms with Gasteiger partial charge in [0.2, 0.25) is 0 Å². The number of hydrogen-bond donors (Lipinski definition) is 1. The molecule has 130 valence electrons. The third kappa shape index (κ3) is 4.01. The third-order valence-corrected chi connectivity index (χ3v) is 3.62. The Bertz CT molecular complexity index is 920. The molecule has 0 amide bonds. The predicted octanol–water partition coefficient (Wildman–Crippen LogP) is 2.33. The van der Waals surface area contributed by atoms with E-state index in [9.17, 15) is 9.18 Å². The van der Waals surface area contributed by atoms with Crippen molar-refractivity contribution in [3.05, 3.63) is 77.5 Å². The molecule has 0 aliphatic heterocycles. The summed E-state index contributed by atoms with van der Waals surface area (Å²) < 4.78 is 15.2. The molecule has 3 aromatic rings. The number of halogens is 2. The molecule has 2 N–H and O–H groups in total. The van der Waals surface area contributed by atoms with E-state index in [1.165, 1.54) is 15.6 Å². The molecule has 0 radical (unpaired) electrons.